The van der Waals surface area contributed by atoms with E-state index in [1.807, 2.05) is 37.3 Å². The van der Waals surface area contributed by atoms with Crippen LogP contribution in [0, 0.1) is 10.1 Å². The molecule has 2 aromatic rings. The maximum absolute atomic E-state index is 10.6. The predicted molar refractivity (Wildman–Crippen MR) is 68.7 cm³/mol. The van der Waals surface area contributed by atoms with Crippen molar-refractivity contribution >= 4 is 5.69 Å². The lowest BCUT2D eigenvalue weighted by Crippen LogP contribution is -2.19. The van der Waals surface area contributed by atoms with E-state index < -0.39 is 4.92 Å². The van der Waals surface area contributed by atoms with E-state index in [2.05, 4.69) is 4.99 Å². The molecular formula is C13H13N3O3. The first-order chi connectivity index (χ1) is 9.08. The lowest BCUT2D eigenvalue weighted by atomic mass is 10.1. The molecule has 1 aromatic heterocycles. The third-order valence-electron chi connectivity index (χ3n) is 2.71. The Morgan fingerprint density at radius 1 is 1.26 bits per heavy atom. The van der Waals surface area contributed by atoms with Crippen molar-refractivity contribution in [3.8, 4) is 0 Å². The molecule has 6 heteroatoms. The molecule has 1 heterocycles. The van der Waals surface area contributed by atoms with E-state index in [9.17, 15) is 15.3 Å². The molecular weight excluding hydrogens is 246 g/mol. The third-order valence-corrected chi connectivity index (χ3v) is 2.71. The fourth-order valence-corrected chi connectivity index (χ4v) is 1.69. The van der Waals surface area contributed by atoms with E-state index in [-0.39, 0.29) is 17.2 Å². The number of rotatable bonds is 3. The lowest BCUT2D eigenvalue weighted by Gasteiger charge is -2.06. The van der Waals surface area contributed by atoms with Crippen LogP contribution in [0.25, 0.3) is 0 Å². The number of pyridine rings is 1. The minimum absolute atomic E-state index is 0.152. The fraction of sp³-hybridized carbons (Fsp3) is 0.154. The Bertz CT molecular complexity index is 650. The highest BCUT2D eigenvalue weighted by atomic mass is 16.6. The summed E-state index contributed by atoms with van der Waals surface area (Å²) in [5.74, 6) is 0. The van der Waals surface area contributed by atoms with Gasteiger partial charge in [0, 0.05) is 6.07 Å². The van der Waals surface area contributed by atoms with Gasteiger partial charge in [0.1, 0.15) is 6.20 Å². The quantitative estimate of drug-likeness (QED) is 0.521. The molecule has 0 saturated carbocycles. The highest BCUT2D eigenvalue weighted by Gasteiger charge is 2.07. The fourth-order valence-electron chi connectivity index (χ4n) is 1.69. The van der Waals surface area contributed by atoms with E-state index in [1.54, 1.807) is 0 Å². The number of hydrogen-bond acceptors (Lipinski definition) is 4. The SMILES string of the molecule is C[C@H](N=c1ccc([N+](=O)[O-])cn1O)c1ccccc1. The van der Waals surface area contributed by atoms with Crippen LogP contribution in [0.3, 0.4) is 0 Å². The molecule has 0 unspecified atom stereocenters. The Morgan fingerprint density at radius 2 is 1.95 bits per heavy atom. The van der Waals surface area contributed by atoms with Crippen molar-refractivity contribution in [3.63, 3.8) is 0 Å². The summed E-state index contributed by atoms with van der Waals surface area (Å²) in [5.41, 5.74) is 1.08. The Labute approximate surface area is 109 Å². The van der Waals surface area contributed by atoms with Gasteiger partial charge in [0.2, 0.25) is 0 Å². The summed E-state index contributed by atoms with van der Waals surface area (Å²) in [6.07, 6.45) is 1.02. The van der Waals surface area contributed by atoms with Gasteiger partial charge in [-0.25, -0.2) is 0 Å². The average Bonchev–Trinajstić information content (AvgIpc) is 2.41. The predicted octanol–water partition coefficient (Wildman–Crippen LogP) is 2.30. The smallest absolute Gasteiger partial charge is 0.289 e. The standard InChI is InChI=1S/C13H13N3O3/c1-10(11-5-3-2-4-6-11)14-13-8-7-12(16(18)19)9-15(13)17/h2-10,17H,1H3/t10-/m0/s1. The van der Waals surface area contributed by atoms with Crippen molar-refractivity contribution in [2.75, 3.05) is 0 Å². The van der Waals surface area contributed by atoms with Gasteiger partial charge in [0.25, 0.3) is 5.69 Å². The molecule has 1 aromatic carbocycles. The van der Waals surface area contributed by atoms with Gasteiger partial charge in [-0.1, -0.05) is 30.3 Å². The molecule has 0 saturated heterocycles. The largest absolute Gasteiger partial charge is 0.427 e. The van der Waals surface area contributed by atoms with Crippen LogP contribution < -0.4 is 5.49 Å². The van der Waals surface area contributed by atoms with Crippen molar-refractivity contribution in [3.05, 3.63) is 69.8 Å². The van der Waals surface area contributed by atoms with Crippen LogP contribution in [0.4, 0.5) is 5.69 Å². The summed E-state index contributed by atoms with van der Waals surface area (Å²) < 4.78 is 0.664. The van der Waals surface area contributed by atoms with Gasteiger partial charge >= 0.3 is 0 Å². The molecule has 0 bridgehead atoms. The van der Waals surface area contributed by atoms with Crippen LogP contribution in [-0.2, 0) is 0 Å². The highest BCUT2D eigenvalue weighted by molar-refractivity contribution is 5.24. The molecule has 1 atom stereocenters. The van der Waals surface area contributed by atoms with Crippen LogP contribution in [-0.4, -0.2) is 14.9 Å². The second-order valence-corrected chi connectivity index (χ2v) is 4.06. The van der Waals surface area contributed by atoms with Crippen LogP contribution >= 0.6 is 0 Å². The van der Waals surface area contributed by atoms with Crippen molar-refractivity contribution in [1.82, 2.24) is 4.73 Å². The molecule has 2 rings (SSSR count). The van der Waals surface area contributed by atoms with Gasteiger partial charge in [-0.05, 0) is 18.6 Å². The maximum atomic E-state index is 10.6. The lowest BCUT2D eigenvalue weighted by molar-refractivity contribution is -0.385. The molecule has 0 spiro atoms. The topological polar surface area (TPSA) is 80.7 Å². The first kappa shape index (κ1) is 12.8. The van der Waals surface area contributed by atoms with E-state index in [1.165, 1.54) is 12.1 Å². The molecule has 0 fully saturated rings. The molecule has 0 aliphatic rings. The van der Waals surface area contributed by atoms with Gasteiger partial charge in [0.05, 0.1) is 11.0 Å². The molecule has 0 aliphatic carbocycles. The van der Waals surface area contributed by atoms with E-state index in [4.69, 9.17) is 0 Å². The zero-order chi connectivity index (χ0) is 13.8. The Hall–Kier alpha value is -2.63. The van der Waals surface area contributed by atoms with Gasteiger partial charge < -0.3 is 5.21 Å². The summed E-state index contributed by atoms with van der Waals surface area (Å²) in [6, 6.07) is 12.2. The molecule has 0 amide bonds. The van der Waals surface area contributed by atoms with Gasteiger partial charge in [-0.3, -0.25) is 15.1 Å². The van der Waals surface area contributed by atoms with Crippen molar-refractivity contribution in [1.29, 1.82) is 0 Å². The average molecular weight is 259 g/mol. The first-order valence-corrected chi connectivity index (χ1v) is 5.73. The van der Waals surface area contributed by atoms with Crippen LogP contribution in [0.15, 0.2) is 53.7 Å². The van der Waals surface area contributed by atoms with Crippen LogP contribution in [0.2, 0.25) is 0 Å². The van der Waals surface area contributed by atoms with Crippen molar-refractivity contribution in [2.45, 2.75) is 13.0 Å². The summed E-state index contributed by atoms with van der Waals surface area (Å²) in [4.78, 5) is 14.3. The molecule has 1 N–H and O–H groups in total. The number of nitro groups is 1. The van der Waals surface area contributed by atoms with Crippen LogP contribution in [0.1, 0.15) is 18.5 Å². The Morgan fingerprint density at radius 3 is 2.53 bits per heavy atom. The third kappa shape index (κ3) is 2.98. The number of benzene rings is 1. The Balaban J connectivity index is 2.36. The minimum Gasteiger partial charge on any atom is -0.427 e. The summed E-state index contributed by atoms with van der Waals surface area (Å²) in [6.45, 7) is 1.89. The monoisotopic (exact) mass is 259 g/mol. The van der Waals surface area contributed by atoms with Crippen molar-refractivity contribution in [2.24, 2.45) is 4.99 Å². The second-order valence-electron chi connectivity index (χ2n) is 4.06. The minimum atomic E-state index is -0.572. The molecule has 0 radical (unpaired) electrons. The molecule has 19 heavy (non-hydrogen) atoms. The van der Waals surface area contributed by atoms with Crippen molar-refractivity contribution < 1.29 is 10.1 Å². The van der Waals surface area contributed by atoms with Gasteiger partial charge in [-0.15, -0.1) is 0 Å². The second kappa shape index (κ2) is 5.34. The summed E-state index contributed by atoms with van der Waals surface area (Å²) >= 11 is 0. The van der Waals surface area contributed by atoms with E-state index >= 15 is 0 Å². The van der Waals surface area contributed by atoms with E-state index in [0.717, 1.165) is 11.8 Å². The van der Waals surface area contributed by atoms with Gasteiger partial charge in [-0.2, -0.15) is 4.73 Å². The van der Waals surface area contributed by atoms with E-state index in [0.29, 0.717) is 4.73 Å². The Kier molecular flexibility index (Phi) is 3.61. The summed E-state index contributed by atoms with van der Waals surface area (Å²) in [7, 11) is 0. The highest BCUT2D eigenvalue weighted by Crippen LogP contribution is 2.14. The summed E-state index contributed by atoms with van der Waals surface area (Å²) in [5, 5.41) is 20.2. The zero-order valence-corrected chi connectivity index (χ0v) is 10.3. The molecule has 0 aliphatic heterocycles. The zero-order valence-electron chi connectivity index (χ0n) is 10.3. The van der Waals surface area contributed by atoms with Crippen LogP contribution in [0.5, 0.6) is 0 Å². The normalized spacial score (nSPS) is 13.2. The maximum Gasteiger partial charge on any atom is 0.289 e. The number of aromatic nitrogens is 1. The molecule has 6 nitrogen and oxygen atoms in total. The first-order valence-electron chi connectivity index (χ1n) is 5.73. The molecule has 98 valence electrons. The van der Waals surface area contributed by atoms with Gasteiger partial charge in [0.15, 0.2) is 5.49 Å². The number of hydrogen-bond donors (Lipinski definition) is 1. The number of nitrogens with zero attached hydrogens (tertiary/aromatic N) is 3.